The Morgan fingerprint density at radius 3 is 2.81 bits per heavy atom. The number of nitriles is 1. The van der Waals surface area contributed by atoms with E-state index in [1.807, 2.05) is 11.0 Å². The second-order valence-electron chi connectivity index (χ2n) is 3.39. The minimum atomic E-state index is -0.360. The zero-order chi connectivity index (χ0) is 11.8. The molecule has 0 saturated carbocycles. The summed E-state index contributed by atoms with van der Waals surface area (Å²) in [5.74, 6) is -0.0142. The lowest BCUT2D eigenvalue weighted by Crippen LogP contribution is -2.41. The van der Waals surface area contributed by atoms with Crippen molar-refractivity contribution in [3.8, 4) is 6.07 Å². The second-order valence-corrected chi connectivity index (χ2v) is 3.76. The van der Waals surface area contributed by atoms with E-state index in [2.05, 4.69) is 10.6 Å². The maximum Gasteiger partial charge on any atom is 0.263 e. The molecule has 0 aromatic heterocycles. The number of halogens is 1. The van der Waals surface area contributed by atoms with Gasteiger partial charge in [0.1, 0.15) is 11.6 Å². The SMILES string of the molecule is N#C/C(=C/N1CCNCC1)C(=O)NCCCl. The Hall–Kier alpha value is -1.25. The predicted molar refractivity (Wildman–Crippen MR) is 61.9 cm³/mol. The summed E-state index contributed by atoms with van der Waals surface area (Å²) in [6.45, 7) is 3.75. The van der Waals surface area contributed by atoms with Crippen molar-refractivity contribution in [1.29, 1.82) is 5.26 Å². The molecule has 0 bridgehead atoms. The zero-order valence-electron chi connectivity index (χ0n) is 9.00. The normalized spacial score (nSPS) is 16.8. The summed E-state index contributed by atoms with van der Waals surface area (Å²) < 4.78 is 0. The molecule has 6 heteroatoms. The molecule has 5 nitrogen and oxygen atoms in total. The summed E-state index contributed by atoms with van der Waals surface area (Å²) in [5.41, 5.74) is 0.131. The van der Waals surface area contributed by atoms with Crippen molar-refractivity contribution < 1.29 is 4.79 Å². The van der Waals surface area contributed by atoms with Gasteiger partial charge in [-0.05, 0) is 0 Å². The van der Waals surface area contributed by atoms with Crippen molar-refractivity contribution in [2.75, 3.05) is 38.6 Å². The van der Waals surface area contributed by atoms with Gasteiger partial charge in [-0.25, -0.2) is 0 Å². The fraction of sp³-hybridized carbons (Fsp3) is 0.600. The van der Waals surface area contributed by atoms with Crippen LogP contribution in [-0.2, 0) is 4.79 Å². The molecule has 1 aliphatic rings. The van der Waals surface area contributed by atoms with E-state index in [-0.39, 0.29) is 11.5 Å². The number of hydrogen-bond acceptors (Lipinski definition) is 4. The fourth-order valence-electron chi connectivity index (χ4n) is 1.39. The van der Waals surface area contributed by atoms with Gasteiger partial charge >= 0.3 is 0 Å². The number of nitrogens with one attached hydrogen (secondary N) is 2. The average Bonchev–Trinajstić information content (AvgIpc) is 2.34. The van der Waals surface area contributed by atoms with E-state index in [1.165, 1.54) is 0 Å². The van der Waals surface area contributed by atoms with E-state index < -0.39 is 0 Å². The number of rotatable bonds is 4. The molecule has 0 aromatic carbocycles. The molecule has 16 heavy (non-hydrogen) atoms. The highest BCUT2D eigenvalue weighted by Crippen LogP contribution is 1.99. The largest absolute Gasteiger partial charge is 0.374 e. The topological polar surface area (TPSA) is 68.2 Å². The molecule has 2 N–H and O–H groups in total. The van der Waals surface area contributed by atoms with Crippen LogP contribution in [0.3, 0.4) is 0 Å². The Balaban J connectivity index is 2.54. The summed E-state index contributed by atoms with van der Waals surface area (Å²) in [7, 11) is 0. The molecule has 1 saturated heterocycles. The highest BCUT2D eigenvalue weighted by atomic mass is 35.5. The lowest BCUT2D eigenvalue weighted by Gasteiger charge is -2.25. The molecule has 0 spiro atoms. The Labute approximate surface area is 100 Å². The summed E-state index contributed by atoms with van der Waals surface area (Å²) in [6.07, 6.45) is 1.62. The van der Waals surface area contributed by atoms with E-state index in [0.717, 1.165) is 26.2 Å². The van der Waals surface area contributed by atoms with Crippen LogP contribution >= 0.6 is 11.6 Å². The van der Waals surface area contributed by atoms with Crippen molar-refractivity contribution in [2.45, 2.75) is 0 Å². The molecule has 88 valence electrons. The zero-order valence-corrected chi connectivity index (χ0v) is 9.76. The first kappa shape index (κ1) is 12.8. The van der Waals surface area contributed by atoms with Gasteiger partial charge in [-0.3, -0.25) is 4.79 Å². The number of carbonyl (C=O) groups excluding carboxylic acids is 1. The van der Waals surface area contributed by atoms with Gasteiger partial charge in [0.15, 0.2) is 0 Å². The number of hydrogen-bond donors (Lipinski definition) is 2. The molecule has 0 aliphatic carbocycles. The molecule has 0 aromatic rings. The molecule has 1 heterocycles. The number of amides is 1. The highest BCUT2D eigenvalue weighted by Gasteiger charge is 2.12. The van der Waals surface area contributed by atoms with Crippen LogP contribution in [-0.4, -0.2) is 49.4 Å². The first-order valence-corrected chi connectivity index (χ1v) is 5.72. The van der Waals surface area contributed by atoms with Crippen LogP contribution in [0, 0.1) is 11.3 Å². The minimum absolute atomic E-state index is 0.131. The van der Waals surface area contributed by atoms with Gasteiger partial charge in [-0.2, -0.15) is 5.26 Å². The Kier molecular flexibility index (Phi) is 5.68. The van der Waals surface area contributed by atoms with Crippen molar-refractivity contribution in [2.24, 2.45) is 0 Å². The minimum Gasteiger partial charge on any atom is -0.374 e. The lowest BCUT2D eigenvalue weighted by atomic mass is 10.2. The molecule has 0 unspecified atom stereocenters. The second kappa shape index (κ2) is 7.09. The van der Waals surface area contributed by atoms with Crippen LogP contribution in [0.25, 0.3) is 0 Å². The van der Waals surface area contributed by atoms with Crippen LogP contribution in [0.5, 0.6) is 0 Å². The van der Waals surface area contributed by atoms with Crippen LogP contribution < -0.4 is 10.6 Å². The van der Waals surface area contributed by atoms with Crippen LogP contribution in [0.1, 0.15) is 0 Å². The summed E-state index contributed by atoms with van der Waals surface area (Å²) in [5, 5.41) is 14.6. The summed E-state index contributed by atoms with van der Waals surface area (Å²) in [4.78, 5) is 13.5. The maximum atomic E-state index is 11.5. The van der Waals surface area contributed by atoms with Crippen molar-refractivity contribution >= 4 is 17.5 Å². The van der Waals surface area contributed by atoms with Crippen LogP contribution in [0.15, 0.2) is 11.8 Å². The molecule has 1 fully saturated rings. The molecule has 1 amide bonds. The summed E-state index contributed by atoms with van der Waals surface area (Å²) in [6, 6.07) is 1.90. The Morgan fingerprint density at radius 1 is 1.56 bits per heavy atom. The van der Waals surface area contributed by atoms with E-state index >= 15 is 0 Å². The highest BCUT2D eigenvalue weighted by molar-refractivity contribution is 6.18. The maximum absolute atomic E-state index is 11.5. The van der Waals surface area contributed by atoms with Gasteiger partial charge in [0.05, 0.1) is 0 Å². The van der Waals surface area contributed by atoms with Crippen molar-refractivity contribution in [3.63, 3.8) is 0 Å². The van der Waals surface area contributed by atoms with E-state index in [0.29, 0.717) is 12.4 Å². The quantitative estimate of drug-likeness (QED) is 0.402. The van der Waals surface area contributed by atoms with Gasteiger partial charge in [-0.15, -0.1) is 11.6 Å². The van der Waals surface area contributed by atoms with Crippen molar-refractivity contribution in [1.82, 2.24) is 15.5 Å². The molecule has 0 atom stereocenters. The molecular weight excluding hydrogens is 228 g/mol. The van der Waals surface area contributed by atoms with Crippen LogP contribution in [0.4, 0.5) is 0 Å². The van der Waals surface area contributed by atoms with Gasteiger partial charge in [0.2, 0.25) is 0 Å². The van der Waals surface area contributed by atoms with E-state index in [4.69, 9.17) is 16.9 Å². The Morgan fingerprint density at radius 2 is 2.25 bits per heavy atom. The molecule has 1 aliphatic heterocycles. The third kappa shape index (κ3) is 4.09. The average molecular weight is 243 g/mol. The summed E-state index contributed by atoms with van der Waals surface area (Å²) >= 11 is 5.45. The smallest absolute Gasteiger partial charge is 0.263 e. The molecular formula is C10H15ClN4O. The number of alkyl halides is 1. The third-order valence-corrected chi connectivity index (χ3v) is 2.40. The number of nitrogens with zero attached hydrogens (tertiary/aromatic N) is 2. The van der Waals surface area contributed by atoms with Gasteiger partial charge in [-0.1, -0.05) is 0 Å². The lowest BCUT2D eigenvalue weighted by molar-refractivity contribution is -0.117. The van der Waals surface area contributed by atoms with E-state index in [9.17, 15) is 4.79 Å². The molecule has 1 rings (SSSR count). The monoisotopic (exact) mass is 242 g/mol. The fourth-order valence-corrected chi connectivity index (χ4v) is 1.48. The standard InChI is InChI=1S/C10H15ClN4O/c11-1-2-14-10(16)9(7-12)8-15-5-3-13-4-6-15/h8,13H,1-6H2,(H,14,16)/b9-8-. The molecule has 0 radical (unpaired) electrons. The van der Waals surface area contributed by atoms with Gasteiger partial charge < -0.3 is 15.5 Å². The number of piperazine rings is 1. The van der Waals surface area contributed by atoms with Crippen molar-refractivity contribution in [3.05, 3.63) is 11.8 Å². The first-order chi connectivity index (χ1) is 7.77. The van der Waals surface area contributed by atoms with Gasteiger partial charge in [0.25, 0.3) is 5.91 Å². The Bertz CT molecular complexity index is 304. The number of carbonyl (C=O) groups is 1. The van der Waals surface area contributed by atoms with E-state index in [1.54, 1.807) is 6.20 Å². The first-order valence-electron chi connectivity index (χ1n) is 5.18. The van der Waals surface area contributed by atoms with Gasteiger partial charge in [0, 0.05) is 44.8 Å². The predicted octanol–water partition coefficient (Wildman–Crippen LogP) is -0.346. The van der Waals surface area contributed by atoms with Crippen LogP contribution in [0.2, 0.25) is 0 Å². The third-order valence-electron chi connectivity index (χ3n) is 2.21.